The lowest BCUT2D eigenvalue weighted by Gasteiger charge is -2.34. The molecule has 0 bridgehead atoms. The third kappa shape index (κ3) is 6.31. The van der Waals surface area contributed by atoms with Gasteiger partial charge in [0.25, 0.3) is 0 Å². The van der Waals surface area contributed by atoms with Crippen molar-refractivity contribution < 1.29 is 25.9 Å². The first-order valence-electron chi connectivity index (χ1n) is 6.63. The number of hydrogen-bond donors (Lipinski definition) is 1. The summed E-state index contributed by atoms with van der Waals surface area (Å²) in [7, 11) is -4.78. The van der Waals surface area contributed by atoms with Crippen LogP contribution in [0.4, 0.5) is 0 Å². The molecule has 1 fully saturated rings. The molecule has 0 saturated heterocycles. The SMILES string of the molecule is O=S([O-])C1(OS(=O)(=O)O)CCCCCCCCCC1. The molecule has 0 radical (unpaired) electrons. The highest BCUT2D eigenvalue weighted by Crippen LogP contribution is 2.32. The van der Waals surface area contributed by atoms with Gasteiger partial charge in [0.05, 0.1) is 0 Å². The summed E-state index contributed by atoms with van der Waals surface area (Å²) < 4.78 is 57.9. The van der Waals surface area contributed by atoms with Crippen LogP contribution in [0.3, 0.4) is 0 Å². The Morgan fingerprint density at radius 2 is 1.32 bits per heavy atom. The molecule has 0 aromatic rings. The van der Waals surface area contributed by atoms with Gasteiger partial charge in [-0.15, -0.1) is 0 Å². The predicted octanol–water partition coefficient (Wildman–Crippen LogP) is 2.30. The molecule has 0 heterocycles. The first-order valence-corrected chi connectivity index (χ1v) is 9.07. The van der Waals surface area contributed by atoms with Crippen LogP contribution in [0, 0.1) is 0 Å². The summed E-state index contributed by atoms with van der Waals surface area (Å²) in [5.74, 6) is 0. The molecule has 1 N–H and O–H groups in total. The zero-order valence-electron chi connectivity index (χ0n) is 10.9. The summed E-state index contributed by atoms with van der Waals surface area (Å²) in [6.07, 6.45) is 7.28. The number of rotatable bonds is 3. The van der Waals surface area contributed by atoms with E-state index in [2.05, 4.69) is 4.18 Å². The van der Waals surface area contributed by atoms with Gasteiger partial charge in [-0.25, -0.2) is 4.18 Å². The highest BCUT2D eigenvalue weighted by Gasteiger charge is 2.36. The van der Waals surface area contributed by atoms with Crippen LogP contribution in [0.2, 0.25) is 0 Å². The lowest BCUT2D eigenvalue weighted by molar-refractivity contribution is 0.112. The monoisotopic (exact) mass is 313 g/mol. The van der Waals surface area contributed by atoms with Crippen LogP contribution in [0.25, 0.3) is 0 Å². The summed E-state index contributed by atoms with van der Waals surface area (Å²) in [4.78, 5) is -1.81. The molecule has 1 aliphatic carbocycles. The Hall–Kier alpha value is -0.0200. The van der Waals surface area contributed by atoms with Crippen LogP contribution in [-0.4, -0.2) is 26.7 Å². The molecule has 0 aromatic heterocycles. The van der Waals surface area contributed by atoms with Gasteiger partial charge in [-0.2, -0.15) is 8.42 Å². The summed E-state index contributed by atoms with van der Waals surface area (Å²) in [5, 5.41) is 0. The summed E-state index contributed by atoms with van der Waals surface area (Å²) in [6, 6.07) is 0. The van der Waals surface area contributed by atoms with Gasteiger partial charge in [0.2, 0.25) is 0 Å². The Morgan fingerprint density at radius 1 is 0.947 bits per heavy atom. The first-order chi connectivity index (χ1) is 8.86. The van der Waals surface area contributed by atoms with Gasteiger partial charge >= 0.3 is 10.4 Å². The molecule has 19 heavy (non-hydrogen) atoms. The second kappa shape index (κ2) is 7.68. The summed E-state index contributed by atoms with van der Waals surface area (Å²) in [6.45, 7) is 0. The molecule has 1 atom stereocenters. The van der Waals surface area contributed by atoms with E-state index in [-0.39, 0.29) is 12.8 Å². The van der Waals surface area contributed by atoms with E-state index in [1.54, 1.807) is 0 Å². The third-order valence-corrected chi connectivity index (χ3v) is 5.16. The van der Waals surface area contributed by atoms with Crippen molar-refractivity contribution in [2.45, 2.75) is 69.1 Å². The lowest BCUT2D eigenvalue weighted by atomic mass is 10.0. The second-order valence-electron chi connectivity index (χ2n) is 4.98. The summed E-state index contributed by atoms with van der Waals surface area (Å²) >= 11 is -2.71. The molecular formula is C11H21O6S2-. The van der Waals surface area contributed by atoms with Crippen molar-refractivity contribution in [2.75, 3.05) is 0 Å². The van der Waals surface area contributed by atoms with Gasteiger partial charge < -0.3 is 4.55 Å². The largest absolute Gasteiger partial charge is 0.770 e. The van der Waals surface area contributed by atoms with Crippen molar-refractivity contribution in [1.82, 2.24) is 0 Å². The average molecular weight is 313 g/mol. The first kappa shape index (κ1) is 17.0. The van der Waals surface area contributed by atoms with Crippen LogP contribution in [0.15, 0.2) is 0 Å². The minimum Gasteiger partial charge on any atom is -0.770 e. The lowest BCUT2D eigenvalue weighted by Crippen LogP contribution is -2.39. The van der Waals surface area contributed by atoms with Gasteiger partial charge in [0.15, 0.2) is 4.93 Å². The van der Waals surface area contributed by atoms with E-state index in [9.17, 15) is 17.2 Å². The fourth-order valence-corrected chi connectivity index (χ4v) is 4.10. The van der Waals surface area contributed by atoms with Gasteiger partial charge in [0, 0.05) is 0 Å². The average Bonchev–Trinajstić information content (AvgIpc) is 2.32. The standard InChI is InChI=1S/C11H22O6S2/c12-18(13)11(17-19(14,15)16)9-7-5-3-1-2-4-6-8-10-11/h1-10H2,(H,12,13)(H,14,15,16)/p-1. The van der Waals surface area contributed by atoms with Crippen LogP contribution in [0.1, 0.15) is 64.2 Å². The highest BCUT2D eigenvalue weighted by molar-refractivity contribution is 7.83. The van der Waals surface area contributed by atoms with E-state index < -0.39 is 26.4 Å². The fourth-order valence-electron chi connectivity index (χ4n) is 2.44. The Labute approximate surface area is 117 Å². The molecular weight excluding hydrogens is 292 g/mol. The highest BCUT2D eigenvalue weighted by atomic mass is 32.3. The Balaban J connectivity index is 2.84. The van der Waals surface area contributed by atoms with Gasteiger partial charge in [-0.1, -0.05) is 38.5 Å². The molecule has 0 aromatic carbocycles. The van der Waals surface area contributed by atoms with Crippen molar-refractivity contribution in [3.05, 3.63) is 0 Å². The van der Waals surface area contributed by atoms with Gasteiger partial charge in [0.1, 0.15) is 0 Å². The third-order valence-electron chi connectivity index (χ3n) is 3.43. The van der Waals surface area contributed by atoms with Crippen molar-refractivity contribution in [1.29, 1.82) is 0 Å². The maximum atomic E-state index is 11.4. The van der Waals surface area contributed by atoms with Crippen molar-refractivity contribution in [3.63, 3.8) is 0 Å². The van der Waals surface area contributed by atoms with Gasteiger partial charge in [-0.3, -0.25) is 8.76 Å². The van der Waals surface area contributed by atoms with Crippen molar-refractivity contribution in [2.24, 2.45) is 0 Å². The molecule has 114 valence electrons. The number of hydrogen-bond acceptors (Lipinski definition) is 5. The maximum Gasteiger partial charge on any atom is 0.398 e. The predicted molar refractivity (Wildman–Crippen MR) is 70.5 cm³/mol. The van der Waals surface area contributed by atoms with E-state index in [0.717, 1.165) is 38.5 Å². The molecule has 6 nitrogen and oxygen atoms in total. The Kier molecular flexibility index (Phi) is 6.89. The van der Waals surface area contributed by atoms with Gasteiger partial charge in [-0.05, 0) is 36.8 Å². The van der Waals surface area contributed by atoms with Crippen LogP contribution in [-0.2, 0) is 25.7 Å². The minimum atomic E-state index is -4.78. The molecule has 0 aliphatic heterocycles. The van der Waals surface area contributed by atoms with Crippen LogP contribution < -0.4 is 0 Å². The van der Waals surface area contributed by atoms with E-state index >= 15 is 0 Å². The molecule has 1 saturated carbocycles. The summed E-state index contributed by atoms with van der Waals surface area (Å²) in [5.41, 5.74) is 0. The van der Waals surface area contributed by atoms with Crippen molar-refractivity contribution in [3.8, 4) is 0 Å². The normalized spacial score (nSPS) is 24.3. The molecule has 0 spiro atoms. The van der Waals surface area contributed by atoms with E-state index in [1.807, 2.05) is 0 Å². The zero-order valence-corrected chi connectivity index (χ0v) is 12.5. The minimum absolute atomic E-state index is 0.100. The van der Waals surface area contributed by atoms with Crippen LogP contribution in [0.5, 0.6) is 0 Å². The molecule has 1 unspecified atom stereocenters. The Morgan fingerprint density at radius 3 is 1.63 bits per heavy atom. The smallest absolute Gasteiger partial charge is 0.398 e. The Bertz CT molecular complexity index is 380. The van der Waals surface area contributed by atoms with E-state index in [0.29, 0.717) is 12.8 Å². The van der Waals surface area contributed by atoms with E-state index in [1.165, 1.54) is 0 Å². The maximum absolute atomic E-state index is 11.4. The molecule has 1 aliphatic rings. The zero-order chi connectivity index (χ0) is 14.4. The molecule has 0 amide bonds. The molecule has 8 heteroatoms. The second-order valence-corrected chi connectivity index (χ2v) is 7.22. The van der Waals surface area contributed by atoms with Crippen LogP contribution >= 0.6 is 0 Å². The quantitative estimate of drug-likeness (QED) is 0.633. The van der Waals surface area contributed by atoms with Crippen molar-refractivity contribution >= 4 is 21.5 Å². The fraction of sp³-hybridized carbons (Fsp3) is 1.00. The topological polar surface area (TPSA) is 104 Å². The van der Waals surface area contributed by atoms with E-state index in [4.69, 9.17) is 4.55 Å². The molecule has 1 rings (SSSR count).